The number of hydrogen-bond donors (Lipinski definition) is 0. The van der Waals surface area contributed by atoms with Crippen LogP contribution in [0.1, 0.15) is 147 Å². The summed E-state index contributed by atoms with van der Waals surface area (Å²) < 4.78 is 16.4. The zero-order valence-corrected chi connectivity index (χ0v) is 37.3. The van der Waals surface area contributed by atoms with Crippen molar-refractivity contribution < 1.29 is 28.6 Å². The largest absolute Gasteiger partial charge is 0.447 e. The molecule has 56 heavy (non-hydrogen) atoms. The number of carbonyl (C=O) groups is 3. The number of benzene rings is 2. The lowest BCUT2D eigenvalue weighted by atomic mass is 9.79. The molecule has 0 saturated carbocycles. The van der Waals surface area contributed by atoms with Gasteiger partial charge in [-0.1, -0.05) is 130 Å². The molecule has 0 aliphatic carbocycles. The van der Waals surface area contributed by atoms with Crippen LogP contribution in [0.3, 0.4) is 0 Å². The van der Waals surface area contributed by atoms with Gasteiger partial charge in [-0.3, -0.25) is 14.7 Å². The van der Waals surface area contributed by atoms with Gasteiger partial charge < -0.3 is 14.2 Å². The number of carbonyl (C=O) groups excluding carboxylic acids is 3. The van der Waals surface area contributed by atoms with Gasteiger partial charge in [-0.15, -0.1) is 0 Å². The van der Waals surface area contributed by atoms with E-state index in [1.165, 1.54) is 5.56 Å². The van der Waals surface area contributed by atoms with E-state index in [0.29, 0.717) is 25.0 Å². The number of rotatable bonds is 14. The van der Waals surface area contributed by atoms with E-state index < -0.39 is 5.60 Å². The van der Waals surface area contributed by atoms with Crippen molar-refractivity contribution in [2.75, 3.05) is 13.2 Å². The van der Waals surface area contributed by atoms with Crippen molar-refractivity contribution in [3.8, 4) is 0 Å². The SMILES string of the molecule is CCC(C)(CC)N1C(=O)OC(C)(c2ccccc2)C1C(C)C.CCC(C)(CC)N1C(=O)OCC1C(C)C.CCC(C)(CC)N1C(=O)OCC1Cc1ccccc1. The van der Waals surface area contributed by atoms with Crippen LogP contribution in [0.4, 0.5) is 14.4 Å². The van der Waals surface area contributed by atoms with E-state index in [1.807, 2.05) is 51.1 Å². The second-order valence-corrected chi connectivity index (χ2v) is 17.6. The van der Waals surface area contributed by atoms with Crippen LogP contribution in [0.2, 0.25) is 0 Å². The molecular formula is C47H75N3O6. The zero-order valence-electron chi connectivity index (χ0n) is 37.3. The van der Waals surface area contributed by atoms with Gasteiger partial charge in [-0.05, 0) is 95.6 Å². The summed E-state index contributed by atoms with van der Waals surface area (Å²) in [6.07, 6.45) is 6.07. The molecule has 3 saturated heterocycles. The highest BCUT2D eigenvalue weighted by Crippen LogP contribution is 2.46. The Bertz CT molecular complexity index is 1540. The minimum absolute atomic E-state index is 0.0345. The van der Waals surface area contributed by atoms with E-state index >= 15 is 0 Å². The van der Waals surface area contributed by atoms with E-state index in [-0.39, 0.29) is 53.0 Å². The van der Waals surface area contributed by atoms with Crippen molar-refractivity contribution in [3.05, 3.63) is 71.8 Å². The number of nitrogens with zero attached hydrogens (tertiary/aromatic N) is 3. The molecule has 9 heteroatoms. The lowest BCUT2D eigenvalue weighted by molar-refractivity contribution is 0.0229. The summed E-state index contributed by atoms with van der Waals surface area (Å²) >= 11 is 0. The van der Waals surface area contributed by atoms with Crippen molar-refractivity contribution in [1.82, 2.24) is 14.7 Å². The third-order valence-corrected chi connectivity index (χ3v) is 13.6. The summed E-state index contributed by atoms with van der Waals surface area (Å²) in [6.45, 7) is 31.0. The molecule has 3 heterocycles. The minimum atomic E-state index is -0.599. The Morgan fingerprint density at radius 1 is 0.607 bits per heavy atom. The topological polar surface area (TPSA) is 88.6 Å². The van der Waals surface area contributed by atoms with E-state index in [2.05, 4.69) is 121 Å². The summed E-state index contributed by atoms with van der Waals surface area (Å²) in [5.41, 5.74) is 1.40. The van der Waals surface area contributed by atoms with E-state index in [9.17, 15) is 14.4 Å². The van der Waals surface area contributed by atoms with Crippen LogP contribution in [-0.2, 0) is 26.2 Å². The average molecular weight is 778 g/mol. The highest BCUT2D eigenvalue weighted by atomic mass is 16.6. The number of hydrogen-bond acceptors (Lipinski definition) is 6. The molecule has 2 aromatic rings. The highest BCUT2D eigenvalue weighted by molar-refractivity contribution is 5.73. The lowest BCUT2D eigenvalue weighted by Gasteiger charge is -2.43. The molecule has 314 valence electrons. The molecule has 9 nitrogen and oxygen atoms in total. The molecule has 5 rings (SSSR count). The predicted molar refractivity (Wildman–Crippen MR) is 227 cm³/mol. The fraction of sp³-hybridized carbons (Fsp3) is 0.681. The molecule has 0 spiro atoms. The Labute approximate surface area is 339 Å². The highest BCUT2D eigenvalue weighted by Gasteiger charge is 2.57. The van der Waals surface area contributed by atoms with Crippen molar-refractivity contribution in [2.45, 2.75) is 182 Å². The average Bonchev–Trinajstić information content (AvgIpc) is 3.87. The molecule has 4 unspecified atom stereocenters. The zero-order chi connectivity index (χ0) is 42.1. The Morgan fingerprint density at radius 2 is 1.04 bits per heavy atom. The summed E-state index contributed by atoms with van der Waals surface area (Å²) in [5, 5.41) is 0. The molecular weight excluding hydrogens is 703 g/mol. The number of amides is 3. The third kappa shape index (κ3) is 9.85. The molecule has 3 fully saturated rings. The molecule has 2 aromatic carbocycles. The summed E-state index contributed by atoms with van der Waals surface area (Å²) in [7, 11) is 0. The van der Waals surface area contributed by atoms with Crippen molar-refractivity contribution in [3.63, 3.8) is 0 Å². The first kappa shape index (κ1) is 46.6. The molecule has 3 amide bonds. The second-order valence-electron chi connectivity index (χ2n) is 17.6. The first-order chi connectivity index (χ1) is 26.4. The van der Waals surface area contributed by atoms with Crippen LogP contribution in [0.25, 0.3) is 0 Å². The van der Waals surface area contributed by atoms with Crippen LogP contribution in [0, 0.1) is 11.8 Å². The van der Waals surface area contributed by atoms with Gasteiger partial charge in [0.2, 0.25) is 0 Å². The second kappa shape index (κ2) is 19.6. The van der Waals surface area contributed by atoms with Crippen molar-refractivity contribution >= 4 is 18.3 Å². The van der Waals surface area contributed by atoms with E-state index in [4.69, 9.17) is 14.2 Å². The first-order valence-corrected chi connectivity index (χ1v) is 21.4. The lowest BCUT2D eigenvalue weighted by Crippen LogP contribution is -2.55. The molecule has 4 atom stereocenters. The van der Waals surface area contributed by atoms with Crippen LogP contribution >= 0.6 is 0 Å². The summed E-state index contributed by atoms with van der Waals surface area (Å²) in [4.78, 5) is 42.5. The molecule has 0 N–H and O–H groups in total. The maximum atomic E-state index is 12.7. The molecule has 0 aromatic heterocycles. The molecule has 0 radical (unpaired) electrons. The van der Waals surface area contributed by atoms with E-state index in [0.717, 1.165) is 50.5 Å². The monoisotopic (exact) mass is 778 g/mol. The van der Waals surface area contributed by atoms with Gasteiger partial charge in [0, 0.05) is 16.6 Å². The van der Waals surface area contributed by atoms with E-state index in [1.54, 1.807) is 0 Å². The van der Waals surface area contributed by atoms with Gasteiger partial charge in [-0.2, -0.15) is 0 Å². The Balaban J connectivity index is 0.000000230. The quantitative estimate of drug-likeness (QED) is 0.178. The fourth-order valence-electron chi connectivity index (χ4n) is 8.62. The predicted octanol–water partition coefficient (Wildman–Crippen LogP) is 11.6. The van der Waals surface area contributed by atoms with Crippen LogP contribution in [0.15, 0.2) is 60.7 Å². The maximum absolute atomic E-state index is 12.7. The summed E-state index contributed by atoms with van der Waals surface area (Å²) in [6, 6.07) is 20.9. The first-order valence-electron chi connectivity index (χ1n) is 21.4. The van der Waals surface area contributed by atoms with Gasteiger partial charge >= 0.3 is 18.3 Å². The Hall–Kier alpha value is -3.75. The van der Waals surface area contributed by atoms with Crippen LogP contribution in [-0.4, -0.2) is 80.9 Å². The van der Waals surface area contributed by atoms with Crippen molar-refractivity contribution in [1.29, 1.82) is 0 Å². The smallest absolute Gasteiger partial charge is 0.411 e. The minimum Gasteiger partial charge on any atom is -0.447 e. The third-order valence-electron chi connectivity index (χ3n) is 13.6. The molecule has 3 aliphatic rings. The van der Waals surface area contributed by atoms with Gasteiger partial charge in [0.1, 0.15) is 13.2 Å². The van der Waals surface area contributed by atoms with Crippen LogP contribution < -0.4 is 0 Å². The Morgan fingerprint density at radius 3 is 1.50 bits per heavy atom. The van der Waals surface area contributed by atoms with Crippen LogP contribution in [0.5, 0.6) is 0 Å². The summed E-state index contributed by atoms with van der Waals surface area (Å²) in [5.74, 6) is 0.767. The normalized spacial score (nSPS) is 22.8. The molecule has 0 bridgehead atoms. The number of cyclic esters (lactones) is 3. The van der Waals surface area contributed by atoms with Gasteiger partial charge in [0.25, 0.3) is 0 Å². The Kier molecular flexibility index (Phi) is 16.3. The molecule has 3 aliphatic heterocycles. The number of ether oxygens (including phenoxy) is 3. The fourth-order valence-corrected chi connectivity index (χ4v) is 8.62. The van der Waals surface area contributed by atoms with Crippen molar-refractivity contribution in [2.24, 2.45) is 11.8 Å². The standard InChI is InChI=1S/C19H29NO2.C16H23NO2.C12H23NO2/c1-7-18(5,8-2)20-16(14(3)4)19(6,22-17(20)21)15-12-10-9-11-13-15;1-4-16(3,5-2)17-14(12-19-15(17)18)11-13-9-7-6-8-10-13;1-6-12(5,7-2)13-10(9(3)4)8-15-11(13)14/h9-14,16H,7-8H2,1-6H3;6-10,14H,4-5,11-12H2,1-3H3;9-10H,6-8H2,1-5H3. The van der Waals surface area contributed by atoms with Gasteiger partial charge in [0.15, 0.2) is 5.60 Å². The van der Waals surface area contributed by atoms with Gasteiger partial charge in [-0.25, -0.2) is 14.4 Å². The maximum Gasteiger partial charge on any atom is 0.411 e. The van der Waals surface area contributed by atoms with Gasteiger partial charge in [0.05, 0.1) is 18.1 Å².